The monoisotopic (exact) mass is 360 g/mol. The minimum absolute atomic E-state index is 0.0468. The van der Waals surface area contributed by atoms with E-state index in [4.69, 9.17) is 9.47 Å². The minimum Gasteiger partial charge on any atom is -0.492 e. The van der Waals surface area contributed by atoms with Gasteiger partial charge in [-0.05, 0) is 22.6 Å². The second kappa shape index (κ2) is 9.83. The van der Waals surface area contributed by atoms with Crippen LogP contribution in [0.5, 0.6) is 5.75 Å². The average molecular weight is 360 g/mol. The zero-order valence-electron chi connectivity index (χ0n) is 14.7. The van der Waals surface area contributed by atoms with E-state index in [1.807, 2.05) is 30.3 Å². The van der Waals surface area contributed by atoms with Gasteiger partial charge in [-0.1, -0.05) is 18.2 Å². The first-order chi connectivity index (χ1) is 12.8. The number of nitrogens with one attached hydrogen (secondary N) is 1. The highest BCUT2D eigenvalue weighted by Gasteiger charge is 2.15. The minimum atomic E-state index is -0.0468. The van der Waals surface area contributed by atoms with Crippen LogP contribution >= 0.6 is 0 Å². The summed E-state index contributed by atoms with van der Waals surface area (Å²) in [5.41, 5.74) is 0. The molecule has 26 heavy (non-hydrogen) atoms. The summed E-state index contributed by atoms with van der Waals surface area (Å²) in [5.74, 6) is 1.52. The van der Waals surface area contributed by atoms with Gasteiger partial charge in [0, 0.05) is 19.5 Å². The highest BCUT2D eigenvalue weighted by atomic mass is 16.5. The molecule has 1 aliphatic rings. The molecule has 1 aromatic heterocycles. The molecule has 1 amide bonds. The summed E-state index contributed by atoms with van der Waals surface area (Å²) in [5, 5.41) is 14.6. The lowest BCUT2D eigenvalue weighted by atomic mass is 10.3. The standard InChI is InChI=1S/C17H24N6O3/c24-17(18-7-11-26-15-4-2-1-3-5-15)6-8-23-16(19-20-21-23)14-22-9-12-25-13-10-22/h1-5H,6-14H2,(H,18,24). The number of para-hydroxylation sites is 1. The molecule has 0 atom stereocenters. The Morgan fingerprint density at radius 1 is 1.23 bits per heavy atom. The number of carbonyl (C=O) groups excluding carboxylic acids is 1. The number of aryl methyl sites for hydroxylation is 1. The molecular weight excluding hydrogens is 336 g/mol. The fraction of sp³-hybridized carbons (Fsp3) is 0.529. The van der Waals surface area contributed by atoms with Gasteiger partial charge < -0.3 is 14.8 Å². The second-order valence-electron chi connectivity index (χ2n) is 5.97. The Morgan fingerprint density at radius 3 is 2.85 bits per heavy atom. The van der Waals surface area contributed by atoms with E-state index in [0.717, 1.165) is 37.9 Å². The maximum Gasteiger partial charge on any atom is 0.221 e. The summed E-state index contributed by atoms with van der Waals surface area (Å²) in [6, 6.07) is 9.52. The van der Waals surface area contributed by atoms with Gasteiger partial charge >= 0.3 is 0 Å². The van der Waals surface area contributed by atoms with Crippen LogP contribution in [-0.2, 0) is 22.6 Å². The van der Waals surface area contributed by atoms with Crippen molar-refractivity contribution in [1.29, 1.82) is 0 Å². The van der Waals surface area contributed by atoms with Crippen molar-refractivity contribution in [3.63, 3.8) is 0 Å². The Balaban J connectivity index is 1.34. The number of rotatable bonds is 9. The van der Waals surface area contributed by atoms with Crippen LogP contribution < -0.4 is 10.1 Å². The number of hydrogen-bond donors (Lipinski definition) is 1. The molecule has 1 fully saturated rings. The van der Waals surface area contributed by atoms with Gasteiger partial charge in [0.05, 0.1) is 32.8 Å². The number of amides is 1. The predicted octanol–water partition coefficient (Wildman–Crippen LogP) is 0.0906. The topological polar surface area (TPSA) is 94.4 Å². The zero-order chi connectivity index (χ0) is 18.0. The molecule has 1 aromatic carbocycles. The number of benzene rings is 1. The number of tetrazole rings is 1. The lowest BCUT2D eigenvalue weighted by Crippen LogP contribution is -2.36. The highest BCUT2D eigenvalue weighted by Crippen LogP contribution is 2.07. The molecule has 0 bridgehead atoms. The third-order valence-corrected chi connectivity index (χ3v) is 4.06. The van der Waals surface area contributed by atoms with Crippen LogP contribution in [0.3, 0.4) is 0 Å². The number of ether oxygens (including phenoxy) is 2. The van der Waals surface area contributed by atoms with Gasteiger partial charge in [-0.15, -0.1) is 5.10 Å². The van der Waals surface area contributed by atoms with Crippen molar-refractivity contribution in [1.82, 2.24) is 30.4 Å². The highest BCUT2D eigenvalue weighted by molar-refractivity contribution is 5.75. The molecule has 1 N–H and O–H groups in total. The average Bonchev–Trinajstić information content (AvgIpc) is 3.12. The molecule has 2 heterocycles. The van der Waals surface area contributed by atoms with Crippen molar-refractivity contribution in [2.24, 2.45) is 0 Å². The smallest absolute Gasteiger partial charge is 0.221 e. The van der Waals surface area contributed by atoms with Crippen molar-refractivity contribution >= 4 is 5.91 Å². The summed E-state index contributed by atoms with van der Waals surface area (Å²) >= 11 is 0. The fourth-order valence-electron chi connectivity index (χ4n) is 2.64. The van der Waals surface area contributed by atoms with E-state index in [-0.39, 0.29) is 5.91 Å². The molecule has 140 valence electrons. The van der Waals surface area contributed by atoms with Gasteiger partial charge in [0.1, 0.15) is 12.4 Å². The van der Waals surface area contributed by atoms with Crippen molar-refractivity contribution in [2.75, 3.05) is 39.5 Å². The molecule has 0 unspecified atom stereocenters. The van der Waals surface area contributed by atoms with Gasteiger partial charge in [-0.2, -0.15) is 0 Å². The Morgan fingerprint density at radius 2 is 2.04 bits per heavy atom. The number of aromatic nitrogens is 4. The maximum atomic E-state index is 12.0. The second-order valence-corrected chi connectivity index (χ2v) is 5.97. The Labute approximate surface area is 152 Å². The number of morpholine rings is 1. The number of nitrogens with zero attached hydrogens (tertiary/aromatic N) is 5. The van der Waals surface area contributed by atoms with Gasteiger partial charge in [-0.3, -0.25) is 9.69 Å². The SMILES string of the molecule is O=C(CCn1nnnc1CN1CCOCC1)NCCOc1ccccc1. The summed E-state index contributed by atoms with van der Waals surface area (Å²) in [4.78, 5) is 14.2. The van der Waals surface area contributed by atoms with Gasteiger partial charge in [0.2, 0.25) is 5.91 Å². The van der Waals surface area contributed by atoms with Gasteiger partial charge in [-0.25, -0.2) is 4.68 Å². The van der Waals surface area contributed by atoms with E-state index in [0.29, 0.717) is 32.7 Å². The zero-order valence-corrected chi connectivity index (χ0v) is 14.7. The van der Waals surface area contributed by atoms with Crippen LogP contribution in [0.4, 0.5) is 0 Å². The number of hydrogen-bond acceptors (Lipinski definition) is 7. The van der Waals surface area contributed by atoms with Crippen LogP contribution in [0.15, 0.2) is 30.3 Å². The molecule has 0 saturated carbocycles. The Kier molecular flexibility index (Phi) is 6.91. The Bertz CT molecular complexity index is 672. The molecule has 1 aliphatic heterocycles. The first-order valence-corrected chi connectivity index (χ1v) is 8.81. The lowest BCUT2D eigenvalue weighted by molar-refractivity contribution is -0.121. The quantitative estimate of drug-likeness (QED) is 0.633. The Hall–Kier alpha value is -2.52. The van der Waals surface area contributed by atoms with Crippen molar-refractivity contribution in [3.05, 3.63) is 36.2 Å². The van der Waals surface area contributed by atoms with Crippen LogP contribution in [0.2, 0.25) is 0 Å². The molecule has 0 spiro atoms. The fourth-order valence-corrected chi connectivity index (χ4v) is 2.64. The molecular formula is C17H24N6O3. The van der Waals surface area contributed by atoms with E-state index < -0.39 is 0 Å². The molecule has 0 aliphatic carbocycles. The summed E-state index contributed by atoms with van der Waals surface area (Å²) in [6.45, 7) is 5.22. The molecule has 1 saturated heterocycles. The number of carbonyl (C=O) groups is 1. The van der Waals surface area contributed by atoms with Crippen LogP contribution in [0.25, 0.3) is 0 Å². The van der Waals surface area contributed by atoms with Crippen molar-refractivity contribution in [3.8, 4) is 5.75 Å². The molecule has 3 rings (SSSR count). The first kappa shape index (κ1) is 18.3. The molecule has 0 radical (unpaired) electrons. The summed E-state index contributed by atoms with van der Waals surface area (Å²) in [7, 11) is 0. The van der Waals surface area contributed by atoms with Crippen molar-refractivity contribution in [2.45, 2.75) is 19.5 Å². The predicted molar refractivity (Wildman–Crippen MR) is 93.5 cm³/mol. The maximum absolute atomic E-state index is 12.0. The lowest BCUT2D eigenvalue weighted by Gasteiger charge is -2.25. The summed E-state index contributed by atoms with van der Waals surface area (Å²) in [6.07, 6.45) is 0.326. The van der Waals surface area contributed by atoms with Crippen LogP contribution in [0.1, 0.15) is 12.2 Å². The van der Waals surface area contributed by atoms with Crippen LogP contribution in [-0.4, -0.2) is 70.5 Å². The third kappa shape index (κ3) is 5.78. The van der Waals surface area contributed by atoms with E-state index in [1.165, 1.54) is 0 Å². The molecule has 2 aromatic rings. The van der Waals surface area contributed by atoms with E-state index in [1.54, 1.807) is 4.68 Å². The normalized spacial score (nSPS) is 14.9. The van der Waals surface area contributed by atoms with Gasteiger partial charge in [0.15, 0.2) is 5.82 Å². The van der Waals surface area contributed by atoms with Crippen LogP contribution in [0, 0.1) is 0 Å². The largest absolute Gasteiger partial charge is 0.492 e. The van der Waals surface area contributed by atoms with E-state index in [2.05, 4.69) is 25.7 Å². The van der Waals surface area contributed by atoms with E-state index >= 15 is 0 Å². The molecule has 9 nitrogen and oxygen atoms in total. The third-order valence-electron chi connectivity index (χ3n) is 4.06. The van der Waals surface area contributed by atoms with Gasteiger partial charge in [0.25, 0.3) is 0 Å². The summed E-state index contributed by atoms with van der Waals surface area (Å²) < 4.78 is 12.6. The first-order valence-electron chi connectivity index (χ1n) is 8.81. The molecule has 9 heteroatoms. The van der Waals surface area contributed by atoms with E-state index in [9.17, 15) is 4.79 Å². The van der Waals surface area contributed by atoms with Crippen molar-refractivity contribution < 1.29 is 14.3 Å².